The van der Waals surface area contributed by atoms with Crippen LogP contribution in [0, 0.1) is 0 Å². The van der Waals surface area contributed by atoms with Gasteiger partial charge < -0.3 is 9.64 Å². The van der Waals surface area contributed by atoms with Gasteiger partial charge in [-0.1, -0.05) is 18.2 Å². The molecule has 23 heavy (non-hydrogen) atoms. The van der Waals surface area contributed by atoms with Crippen LogP contribution < -0.4 is 14.4 Å². The minimum absolute atomic E-state index is 0.0773. The highest BCUT2D eigenvalue weighted by Crippen LogP contribution is 2.15. The first-order valence-electron chi connectivity index (χ1n) is 6.89. The molecular weight excluding hydrogens is 316 g/mol. The first kappa shape index (κ1) is 17.0. The predicted molar refractivity (Wildman–Crippen MR) is 88.0 cm³/mol. The van der Waals surface area contributed by atoms with E-state index in [1.54, 1.807) is 43.4 Å². The van der Waals surface area contributed by atoms with Crippen molar-refractivity contribution in [3.8, 4) is 5.75 Å². The van der Waals surface area contributed by atoms with Crippen molar-refractivity contribution in [2.24, 2.45) is 0 Å². The summed E-state index contributed by atoms with van der Waals surface area (Å²) < 4.78 is 31.6. The third-order valence-electron chi connectivity index (χ3n) is 3.30. The van der Waals surface area contributed by atoms with Gasteiger partial charge >= 0.3 is 0 Å². The summed E-state index contributed by atoms with van der Waals surface area (Å²) in [6.45, 7) is -0.320. The lowest BCUT2D eigenvalue weighted by atomic mass is 10.3. The minimum Gasteiger partial charge on any atom is -0.497 e. The second kappa shape index (κ2) is 7.26. The Morgan fingerprint density at radius 2 is 1.70 bits per heavy atom. The second-order valence-corrected chi connectivity index (χ2v) is 6.56. The molecule has 1 amide bonds. The molecule has 2 aromatic carbocycles. The molecule has 0 aliphatic carbocycles. The van der Waals surface area contributed by atoms with Crippen LogP contribution in [0.2, 0.25) is 0 Å². The zero-order chi connectivity index (χ0) is 16.9. The van der Waals surface area contributed by atoms with E-state index in [1.165, 1.54) is 24.1 Å². The minimum atomic E-state index is -3.75. The van der Waals surface area contributed by atoms with Crippen molar-refractivity contribution in [1.29, 1.82) is 0 Å². The van der Waals surface area contributed by atoms with Crippen molar-refractivity contribution < 1.29 is 17.9 Å². The van der Waals surface area contributed by atoms with Crippen LogP contribution in [0.5, 0.6) is 5.75 Å². The molecule has 0 heterocycles. The number of carbonyl (C=O) groups is 1. The van der Waals surface area contributed by atoms with Gasteiger partial charge in [0.1, 0.15) is 5.75 Å². The van der Waals surface area contributed by atoms with Crippen LogP contribution >= 0.6 is 0 Å². The number of likely N-dealkylation sites (N-methyl/N-ethyl adjacent to an activating group) is 1. The lowest BCUT2D eigenvalue weighted by Gasteiger charge is -2.17. The fourth-order valence-electron chi connectivity index (χ4n) is 1.91. The van der Waals surface area contributed by atoms with Gasteiger partial charge in [-0.05, 0) is 36.4 Å². The number of nitrogens with one attached hydrogen (secondary N) is 1. The Morgan fingerprint density at radius 3 is 2.26 bits per heavy atom. The summed E-state index contributed by atoms with van der Waals surface area (Å²) in [5, 5.41) is 0. The topological polar surface area (TPSA) is 75.7 Å². The first-order valence-corrected chi connectivity index (χ1v) is 8.37. The molecule has 0 aliphatic heterocycles. The van der Waals surface area contributed by atoms with Crippen LogP contribution in [0.15, 0.2) is 59.5 Å². The molecule has 0 atom stereocenters. The Kier molecular flexibility index (Phi) is 5.36. The smallest absolute Gasteiger partial charge is 0.241 e. The number of methoxy groups -OCH3 is 1. The number of para-hydroxylation sites is 1. The van der Waals surface area contributed by atoms with E-state index in [0.717, 1.165) is 0 Å². The van der Waals surface area contributed by atoms with Crippen LogP contribution in [-0.4, -0.2) is 35.0 Å². The van der Waals surface area contributed by atoms with Gasteiger partial charge in [0.05, 0.1) is 18.6 Å². The molecule has 0 bridgehead atoms. The zero-order valence-electron chi connectivity index (χ0n) is 12.9. The Morgan fingerprint density at radius 1 is 1.09 bits per heavy atom. The number of benzene rings is 2. The molecule has 0 saturated heterocycles. The summed E-state index contributed by atoms with van der Waals surface area (Å²) in [5.74, 6) is 0.206. The highest BCUT2D eigenvalue weighted by molar-refractivity contribution is 7.89. The number of rotatable bonds is 6. The van der Waals surface area contributed by atoms with E-state index in [-0.39, 0.29) is 17.3 Å². The van der Waals surface area contributed by atoms with E-state index in [1.807, 2.05) is 6.07 Å². The Labute approximate surface area is 135 Å². The van der Waals surface area contributed by atoms with Gasteiger partial charge in [0.25, 0.3) is 0 Å². The van der Waals surface area contributed by atoms with Gasteiger partial charge in [-0.25, -0.2) is 13.1 Å². The van der Waals surface area contributed by atoms with Gasteiger partial charge in [-0.15, -0.1) is 0 Å². The summed E-state index contributed by atoms with van der Waals surface area (Å²) >= 11 is 0. The number of anilines is 1. The highest BCUT2D eigenvalue weighted by Gasteiger charge is 2.17. The zero-order valence-corrected chi connectivity index (χ0v) is 13.7. The summed E-state index contributed by atoms with van der Waals surface area (Å²) in [6, 6.07) is 14.9. The van der Waals surface area contributed by atoms with E-state index in [9.17, 15) is 13.2 Å². The molecule has 0 aromatic heterocycles. The predicted octanol–water partition coefficient (Wildman–Crippen LogP) is 1.64. The van der Waals surface area contributed by atoms with E-state index < -0.39 is 10.0 Å². The number of hydrogen-bond acceptors (Lipinski definition) is 4. The summed E-state index contributed by atoms with van der Waals surface area (Å²) in [6.07, 6.45) is 0. The third-order valence-corrected chi connectivity index (χ3v) is 4.72. The Balaban J connectivity index is 2.02. The molecule has 6 nitrogen and oxygen atoms in total. The maximum atomic E-state index is 12.2. The fourth-order valence-corrected chi connectivity index (χ4v) is 2.88. The highest BCUT2D eigenvalue weighted by atomic mass is 32.2. The normalized spacial score (nSPS) is 11.0. The monoisotopic (exact) mass is 334 g/mol. The van der Waals surface area contributed by atoms with E-state index in [0.29, 0.717) is 11.4 Å². The lowest BCUT2D eigenvalue weighted by Crippen LogP contribution is -2.38. The SMILES string of the molecule is COc1ccc(S(=O)(=O)NCC(=O)N(C)c2ccccc2)cc1. The maximum Gasteiger partial charge on any atom is 0.241 e. The van der Waals surface area contributed by atoms with Crippen LogP contribution in [-0.2, 0) is 14.8 Å². The molecule has 0 saturated carbocycles. The average Bonchev–Trinajstić information content (AvgIpc) is 2.60. The van der Waals surface area contributed by atoms with Crippen LogP contribution in [0.25, 0.3) is 0 Å². The molecular formula is C16H18N2O4S. The second-order valence-electron chi connectivity index (χ2n) is 4.79. The summed E-state index contributed by atoms with van der Waals surface area (Å²) in [7, 11) is -0.653. The molecule has 0 radical (unpaired) electrons. The number of hydrogen-bond donors (Lipinski definition) is 1. The van der Waals surface area contributed by atoms with Gasteiger partial charge in [-0.3, -0.25) is 4.79 Å². The molecule has 2 rings (SSSR count). The molecule has 0 spiro atoms. The number of sulfonamides is 1. The molecule has 1 N–H and O–H groups in total. The number of amides is 1. The molecule has 7 heteroatoms. The van der Waals surface area contributed by atoms with Gasteiger partial charge in [-0.2, -0.15) is 0 Å². The van der Waals surface area contributed by atoms with Crippen molar-refractivity contribution in [1.82, 2.24) is 4.72 Å². The largest absolute Gasteiger partial charge is 0.497 e. The van der Waals surface area contributed by atoms with Crippen molar-refractivity contribution in [3.63, 3.8) is 0 Å². The molecule has 0 fully saturated rings. The molecule has 0 aliphatic rings. The first-order chi connectivity index (χ1) is 10.9. The number of nitrogens with zero attached hydrogens (tertiary/aromatic N) is 1. The van der Waals surface area contributed by atoms with Gasteiger partial charge in [0.15, 0.2) is 0 Å². The van der Waals surface area contributed by atoms with E-state index in [2.05, 4.69) is 4.72 Å². The standard InChI is InChI=1S/C16H18N2O4S/c1-18(13-6-4-3-5-7-13)16(19)12-17-23(20,21)15-10-8-14(22-2)9-11-15/h3-11,17H,12H2,1-2H3. The van der Waals surface area contributed by atoms with Crippen molar-refractivity contribution in [3.05, 3.63) is 54.6 Å². The number of carbonyl (C=O) groups excluding carboxylic acids is 1. The average molecular weight is 334 g/mol. The van der Waals surface area contributed by atoms with Crippen LogP contribution in [0.4, 0.5) is 5.69 Å². The summed E-state index contributed by atoms with van der Waals surface area (Å²) in [5.41, 5.74) is 0.696. The Bertz CT molecular complexity index is 758. The quantitative estimate of drug-likeness (QED) is 0.871. The third kappa shape index (κ3) is 4.30. The van der Waals surface area contributed by atoms with Crippen LogP contribution in [0.3, 0.4) is 0 Å². The lowest BCUT2D eigenvalue weighted by molar-refractivity contribution is -0.117. The van der Waals surface area contributed by atoms with Crippen molar-refractivity contribution in [2.45, 2.75) is 4.90 Å². The maximum absolute atomic E-state index is 12.2. The van der Waals surface area contributed by atoms with E-state index in [4.69, 9.17) is 4.74 Å². The fraction of sp³-hybridized carbons (Fsp3) is 0.188. The molecule has 2 aromatic rings. The van der Waals surface area contributed by atoms with Crippen molar-refractivity contribution in [2.75, 3.05) is 25.6 Å². The van der Waals surface area contributed by atoms with Gasteiger partial charge in [0, 0.05) is 12.7 Å². The molecule has 122 valence electrons. The van der Waals surface area contributed by atoms with Gasteiger partial charge in [0.2, 0.25) is 15.9 Å². The van der Waals surface area contributed by atoms with Crippen molar-refractivity contribution >= 4 is 21.6 Å². The Hall–Kier alpha value is -2.38. The number of ether oxygens (including phenoxy) is 1. The van der Waals surface area contributed by atoms with E-state index >= 15 is 0 Å². The van der Waals surface area contributed by atoms with Crippen LogP contribution in [0.1, 0.15) is 0 Å². The molecule has 0 unspecified atom stereocenters. The summed E-state index contributed by atoms with van der Waals surface area (Å²) in [4.78, 5) is 13.6.